The summed E-state index contributed by atoms with van der Waals surface area (Å²) in [7, 11) is 1.54. The SMILES string of the molecule is COc1cccc(C(=O)N2CCN(C(=O)Cn3ccc(=O)[nH]c3=O)CC2)c1. The molecule has 1 aliphatic heterocycles. The molecule has 9 heteroatoms. The van der Waals surface area contributed by atoms with Crippen molar-refractivity contribution in [1.29, 1.82) is 0 Å². The zero-order valence-electron chi connectivity index (χ0n) is 14.9. The van der Waals surface area contributed by atoms with Crippen LogP contribution >= 0.6 is 0 Å². The van der Waals surface area contributed by atoms with E-state index in [1.54, 1.807) is 41.2 Å². The van der Waals surface area contributed by atoms with Crippen molar-refractivity contribution in [3.63, 3.8) is 0 Å². The number of piperazine rings is 1. The highest BCUT2D eigenvalue weighted by atomic mass is 16.5. The van der Waals surface area contributed by atoms with E-state index < -0.39 is 11.2 Å². The fourth-order valence-corrected chi connectivity index (χ4v) is 2.91. The monoisotopic (exact) mass is 372 g/mol. The first kappa shape index (κ1) is 18.4. The highest BCUT2D eigenvalue weighted by molar-refractivity contribution is 5.94. The van der Waals surface area contributed by atoms with Crippen LogP contribution in [0.3, 0.4) is 0 Å². The molecule has 0 aliphatic carbocycles. The average Bonchev–Trinajstić information content (AvgIpc) is 2.69. The summed E-state index contributed by atoms with van der Waals surface area (Å²) < 4.78 is 6.29. The Hall–Kier alpha value is -3.36. The van der Waals surface area contributed by atoms with Crippen LogP contribution in [0.1, 0.15) is 10.4 Å². The number of rotatable bonds is 4. The maximum absolute atomic E-state index is 12.6. The highest BCUT2D eigenvalue weighted by Crippen LogP contribution is 2.15. The molecule has 142 valence electrons. The summed E-state index contributed by atoms with van der Waals surface area (Å²) in [6.45, 7) is 1.42. The Morgan fingerprint density at radius 1 is 1.07 bits per heavy atom. The second kappa shape index (κ2) is 7.90. The Morgan fingerprint density at radius 3 is 2.44 bits per heavy atom. The Labute approximate surface area is 154 Å². The minimum Gasteiger partial charge on any atom is -0.497 e. The van der Waals surface area contributed by atoms with Crippen LogP contribution in [0.5, 0.6) is 5.75 Å². The number of nitrogens with one attached hydrogen (secondary N) is 1. The van der Waals surface area contributed by atoms with E-state index in [0.29, 0.717) is 37.5 Å². The van der Waals surface area contributed by atoms with Crippen molar-refractivity contribution >= 4 is 11.8 Å². The molecule has 0 unspecified atom stereocenters. The summed E-state index contributed by atoms with van der Waals surface area (Å²) in [5.74, 6) is 0.261. The van der Waals surface area contributed by atoms with E-state index in [0.717, 1.165) is 4.57 Å². The lowest BCUT2D eigenvalue weighted by Gasteiger charge is -2.35. The third-order valence-electron chi connectivity index (χ3n) is 4.44. The van der Waals surface area contributed by atoms with E-state index >= 15 is 0 Å². The lowest BCUT2D eigenvalue weighted by Crippen LogP contribution is -2.51. The van der Waals surface area contributed by atoms with Gasteiger partial charge < -0.3 is 14.5 Å². The fraction of sp³-hybridized carbons (Fsp3) is 0.333. The van der Waals surface area contributed by atoms with Crippen LogP contribution in [0.2, 0.25) is 0 Å². The number of ether oxygens (including phenoxy) is 1. The van der Waals surface area contributed by atoms with Crippen molar-refractivity contribution in [1.82, 2.24) is 19.4 Å². The van der Waals surface area contributed by atoms with Crippen molar-refractivity contribution in [2.45, 2.75) is 6.54 Å². The fourth-order valence-electron chi connectivity index (χ4n) is 2.91. The number of amides is 2. The van der Waals surface area contributed by atoms with Gasteiger partial charge in [0.1, 0.15) is 12.3 Å². The Bertz CT molecular complexity index is 956. The summed E-state index contributed by atoms with van der Waals surface area (Å²) >= 11 is 0. The average molecular weight is 372 g/mol. The van der Waals surface area contributed by atoms with Crippen molar-refractivity contribution in [3.8, 4) is 5.75 Å². The summed E-state index contributed by atoms with van der Waals surface area (Å²) in [6.07, 6.45) is 1.29. The van der Waals surface area contributed by atoms with Gasteiger partial charge in [0, 0.05) is 44.0 Å². The summed E-state index contributed by atoms with van der Waals surface area (Å²) in [6, 6.07) is 8.13. The van der Waals surface area contributed by atoms with Gasteiger partial charge in [-0.05, 0) is 18.2 Å². The minimum atomic E-state index is -0.623. The van der Waals surface area contributed by atoms with Crippen LogP contribution in [-0.4, -0.2) is 64.5 Å². The molecule has 0 radical (unpaired) electrons. The number of benzene rings is 1. The first-order valence-electron chi connectivity index (χ1n) is 8.49. The number of aromatic amines is 1. The Kier molecular flexibility index (Phi) is 5.39. The molecule has 0 bridgehead atoms. The number of carbonyl (C=O) groups excluding carboxylic acids is 2. The van der Waals surface area contributed by atoms with Crippen molar-refractivity contribution < 1.29 is 14.3 Å². The summed E-state index contributed by atoms with van der Waals surface area (Å²) in [4.78, 5) is 53.2. The molecule has 2 amide bonds. The van der Waals surface area contributed by atoms with Gasteiger partial charge in [-0.2, -0.15) is 0 Å². The van der Waals surface area contributed by atoms with Gasteiger partial charge >= 0.3 is 5.69 Å². The van der Waals surface area contributed by atoms with Gasteiger partial charge in [-0.25, -0.2) is 4.79 Å². The quantitative estimate of drug-likeness (QED) is 0.781. The van der Waals surface area contributed by atoms with Gasteiger partial charge in [0.15, 0.2) is 0 Å². The molecule has 0 atom stereocenters. The molecule has 3 rings (SSSR count). The molecule has 1 aliphatic rings. The number of H-pyrrole nitrogens is 1. The van der Waals surface area contributed by atoms with E-state index in [1.807, 2.05) is 0 Å². The number of hydrogen-bond acceptors (Lipinski definition) is 5. The van der Waals surface area contributed by atoms with E-state index in [2.05, 4.69) is 4.98 Å². The zero-order chi connectivity index (χ0) is 19.4. The van der Waals surface area contributed by atoms with Gasteiger partial charge in [-0.15, -0.1) is 0 Å². The summed E-state index contributed by atoms with van der Waals surface area (Å²) in [5.41, 5.74) is -0.593. The molecular weight excluding hydrogens is 352 g/mol. The third kappa shape index (κ3) is 4.25. The number of hydrogen-bond donors (Lipinski definition) is 1. The molecule has 2 aromatic rings. The van der Waals surface area contributed by atoms with E-state index in [9.17, 15) is 19.2 Å². The molecule has 27 heavy (non-hydrogen) atoms. The van der Waals surface area contributed by atoms with Gasteiger partial charge in [-0.3, -0.25) is 23.9 Å². The lowest BCUT2D eigenvalue weighted by molar-refractivity contribution is -0.133. The van der Waals surface area contributed by atoms with Crippen LogP contribution in [0.25, 0.3) is 0 Å². The molecule has 1 aromatic heterocycles. The van der Waals surface area contributed by atoms with Gasteiger partial charge in [0.2, 0.25) is 5.91 Å². The summed E-state index contributed by atoms with van der Waals surface area (Å²) in [5, 5.41) is 0. The van der Waals surface area contributed by atoms with Crippen LogP contribution < -0.4 is 16.0 Å². The molecular formula is C18H20N4O5. The largest absolute Gasteiger partial charge is 0.497 e. The molecule has 2 heterocycles. The first-order valence-corrected chi connectivity index (χ1v) is 8.49. The molecule has 1 N–H and O–H groups in total. The van der Waals surface area contributed by atoms with E-state index in [-0.39, 0.29) is 18.4 Å². The molecule has 0 spiro atoms. The van der Waals surface area contributed by atoms with Gasteiger partial charge in [-0.1, -0.05) is 6.07 Å². The second-order valence-electron chi connectivity index (χ2n) is 6.14. The lowest BCUT2D eigenvalue weighted by atomic mass is 10.1. The van der Waals surface area contributed by atoms with Gasteiger partial charge in [0.25, 0.3) is 11.5 Å². The van der Waals surface area contributed by atoms with Crippen LogP contribution in [-0.2, 0) is 11.3 Å². The number of aromatic nitrogens is 2. The first-order chi connectivity index (χ1) is 13.0. The van der Waals surface area contributed by atoms with E-state index in [4.69, 9.17) is 4.74 Å². The molecule has 0 saturated carbocycles. The van der Waals surface area contributed by atoms with Gasteiger partial charge in [0.05, 0.1) is 7.11 Å². The van der Waals surface area contributed by atoms with Crippen LogP contribution in [0.4, 0.5) is 0 Å². The predicted octanol–water partition coefficient (Wildman–Crippen LogP) is -0.470. The molecule has 9 nitrogen and oxygen atoms in total. The third-order valence-corrected chi connectivity index (χ3v) is 4.44. The maximum Gasteiger partial charge on any atom is 0.328 e. The molecule has 1 saturated heterocycles. The normalized spacial score (nSPS) is 14.1. The van der Waals surface area contributed by atoms with E-state index in [1.165, 1.54) is 12.3 Å². The minimum absolute atomic E-state index is 0.113. The van der Waals surface area contributed by atoms with Crippen molar-refractivity contribution in [3.05, 3.63) is 62.9 Å². The predicted molar refractivity (Wildman–Crippen MR) is 96.8 cm³/mol. The van der Waals surface area contributed by atoms with Crippen molar-refractivity contribution in [2.75, 3.05) is 33.3 Å². The Morgan fingerprint density at radius 2 is 1.78 bits per heavy atom. The maximum atomic E-state index is 12.6. The Balaban J connectivity index is 1.59. The van der Waals surface area contributed by atoms with Crippen molar-refractivity contribution in [2.24, 2.45) is 0 Å². The van der Waals surface area contributed by atoms with Crippen LogP contribution in [0.15, 0.2) is 46.1 Å². The number of methoxy groups -OCH3 is 1. The topological polar surface area (TPSA) is 105 Å². The second-order valence-corrected chi connectivity index (χ2v) is 6.14. The number of carbonyl (C=O) groups is 2. The molecule has 1 aromatic carbocycles. The number of nitrogens with zero attached hydrogens (tertiary/aromatic N) is 3. The highest BCUT2D eigenvalue weighted by Gasteiger charge is 2.25. The standard InChI is InChI=1S/C18H20N4O5/c1-27-14-4-2-3-13(11-14)17(25)21-9-7-20(8-10-21)16(24)12-22-6-5-15(23)19-18(22)26/h2-6,11H,7-10,12H2,1H3,(H,19,23,26). The smallest absolute Gasteiger partial charge is 0.328 e. The molecule has 1 fully saturated rings. The zero-order valence-corrected chi connectivity index (χ0v) is 14.9. The van der Waals surface area contributed by atoms with Crippen LogP contribution in [0, 0.1) is 0 Å².